The van der Waals surface area contributed by atoms with Gasteiger partial charge in [0.1, 0.15) is 0 Å². The van der Waals surface area contributed by atoms with E-state index in [1.165, 1.54) is 0 Å². The number of carbonyl (C=O) groups excluding carboxylic acids is 1. The number of amides is 2. The van der Waals surface area contributed by atoms with Crippen molar-refractivity contribution in [2.45, 2.75) is 18.9 Å². The molecule has 2 aliphatic heterocycles. The maximum atomic E-state index is 12.2. The van der Waals surface area contributed by atoms with Crippen LogP contribution in [0.4, 0.5) is 4.79 Å². The van der Waals surface area contributed by atoms with Crippen LogP contribution in [-0.2, 0) is 9.47 Å². The Balaban J connectivity index is 1.86. The monoisotopic (exact) mass is 228 g/mol. The maximum Gasteiger partial charge on any atom is 0.320 e. The van der Waals surface area contributed by atoms with Gasteiger partial charge in [0.2, 0.25) is 0 Å². The predicted molar refractivity (Wildman–Crippen MR) is 59.4 cm³/mol. The lowest BCUT2D eigenvalue weighted by atomic mass is 10.1. The van der Waals surface area contributed by atoms with Crippen molar-refractivity contribution in [1.29, 1.82) is 0 Å². The van der Waals surface area contributed by atoms with E-state index in [1.54, 1.807) is 0 Å². The average Bonchev–Trinajstić information content (AvgIpc) is 2.39. The number of hydrogen-bond donors (Lipinski definition) is 0. The van der Waals surface area contributed by atoms with Gasteiger partial charge in [0.25, 0.3) is 0 Å². The average molecular weight is 228 g/mol. The molecule has 2 amide bonds. The summed E-state index contributed by atoms with van der Waals surface area (Å²) in [6.45, 7) is 4.29. The summed E-state index contributed by atoms with van der Waals surface area (Å²) in [5, 5.41) is 0. The number of nitrogens with zero attached hydrogens (tertiary/aromatic N) is 2. The Bertz CT molecular complexity index is 235. The first-order valence-corrected chi connectivity index (χ1v) is 5.96. The Morgan fingerprint density at radius 2 is 1.69 bits per heavy atom. The second-order valence-corrected chi connectivity index (χ2v) is 4.34. The molecule has 2 saturated heterocycles. The van der Waals surface area contributed by atoms with Gasteiger partial charge in [-0.3, -0.25) is 0 Å². The Morgan fingerprint density at radius 3 is 2.31 bits per heavy atom. The first kappa shape index (κ1) is 11.7. The minimum absolute atomic E-state index is 0.134. The number of morpholine rings is 1. The van der Waals surface area contributed by atoms with Crippen molar-refractivity contribution < 1.29 is 14.3 Å². The lowest BCUT2D eigenvalue weighted by Gasteiger charge is -2.36. The molecule has 0 saturated carbocycles. The summed E-state index contributed by atoms with van der Waals surface area (Å²) in [6.07, 6.45) is 1.90. The van der Waals surface area contributed by atoms with Crippen LogP contribution in [-0.4, -0.2) is 68.4 Å². The Hall–Kier alpha value is -0.810. The summed E-state index contributed by atoms with van der Waals surface area (Å²) in [5.74, 6) is 0. The zero-order chi connectivity index (χ0) is 11.4. The molecule has 2 aliphatic rings. The van der Waals surface area contributed by atoms with Crippen LogP contribution in [0.25, 0.3) is 0 Å². The third-order valence-corrected chi connectivity index (χ3v) is 3.32. The first-order chi connectivity index (χ1) is 7.79. The van der Waals surface area contributed by atoms with E-state index < -0.39 is 0 Å². The molecular weight excluding hydrogens is 208 g/mol. The highest BCUT2D eigenvalue weighted by atomic mass is 16.5. The Labute approximate surface area is 96.3 Å². The van der Waals surface area contributed by atoms with Crippen molar-refractivity contribution in [3.05, 3.63) is 0 Å². The molecule has 0 atom stereocenters. The fourth-order valence-corrected chi connectivity index (χ4v) is 2.21. The van der Waals surface area contributed by atoms with E-state index in [0.717, 1.165) is 26.1 Å². The molecule has 0 aliphatic carbocycles. The molecule has 0 bridgehead atoms. The van der Waals surface area contributed by atoms with Gasteiger partial charge in [-0.05, 0) is 12.8 Å². The van der Waals surface area contributed by atoms with Crippen molar-refractivity contribution in [2.75, 3.05) is 46.6 Å². The van der Waals surface area contributed by atoms with Crippen molar-refractivity contribution in [1.82, 2.24) is 9.80 Å². The molecule has 5 heteroatoms. The summed E-state index contributed by atoms with van der Waals surface area (Å²) >= 11 is 0. The van der Waals surface area contributed by atoms with Gasteiger partial charge in [0, 0.05) is 39.4 Å². The van der Waals surface area contributed by atoms with Gasteiger partial charge in [0.05, 0.1) is 13.2 Å². The smallest absolute Gasteiger partial charge is 0.320 e. The van der Waals surface area contributed by atoms with Crippen LogP contribution in [0.2, 0.25) is 0 Å². The SMILES string of the molecule is CN(C(=O)N1CCOCC1)C1CCOCC1. The van der Waals surface area contributed by atoms with E-state index in [4.69, 9.17) is 9.47 Å². The lowest BCUT2D eigenvalue weighted by molar-refractivity contribution is 0.0247. The van der Waals surface area contributed by atoms with Crippen LogP contribution in [0.3, 0.4) is 0 Å². The molecule has 0 unspecified atom stereocenters. The standard InChI is InChI=1S/C11H20N2O3/c1-12(10-2-6-15-7-3-10)11(14)13-4-8-16-9-5-13/h10H,2-9H2,1H3. The van der Waals surface area contributed by atoms with E-state index >= 15 is 0 Å². The van der Waals surface area contributed by atoms with Gasteiger partial charge in [-0.25, -0.2) is 4.79 Å². The summed E-state index contributed by atoms with van der Waals surface area (Å²) in [6, 6.07) is 0.472. The summed E-state index contributed by atoms with van der Waals surface area (Å²) in [5.41, 5.74) is 0. The number of carbonyl (C=O) groups is 1. The quantitative estimate of drug-likeness (QED) is 0.658. The molecule has 0 aromatic carbocycles. The molecule has 16 heavy (non-hydrogen) atoms. The van der Waals surface area contributed by atoms with Crippen molar-refractivity contribution in [3.8, 4) is 0 Å². The third-order valence-electron chi connectivity index (χ3n) is 3.32. The van der Waals surface area contributed by atoms with Crippen LogP contribution in [0.1, 0.15) is 12.8 Å². The Kier molecular flexibility index (Phi) is 4.01. The molecule has 92 valence electrons. The minimum atomic E-state index is 0.134. The molecule has 5 nitrogen and oxygen atoms in total. The second kappa shape index (κ2) is 5.50. The zero-order valence-electron chi connectivity index (χ0n) is 9.85. The highest BCUT2D eigenvalue weighted by Gasteiger charge is 2.26. The van der Waals surface area contributed by atoms with Crippen molar-refractivity contribution in [3.63, 3.8) is 0 Å². The largest absolute Gasteiger partial charge is 0.381 e. The normalized spacial score (nSPS) is 23.2. The lowest BCUT2D eigenvalue weighted by Crippen LogP contribution is -2.51. The molecule has 2 rings (SSSR count). The van der Waals surface area contributed by atoms with Crippen LogP contribution in [0.15, 0.2) is 0 Å². The third kappa shape index (κ3) is 2.65. The van der Waals surface area contributed by atoms with E-state index in [1.807, 2.05) is 16.8 Å². The molecular formula is C11H20N2O3. The topological polar surface area (TPSA) is 42.0 Å². The highest BCUT2D eigenvalue weighted by Crippen LogP contribution is 2.15. The molecule has 0 aromatic rings. The number of hydrogen-bond acceptors (Lipinski definition) is 3. The van der Waals surface area contributed by atoms with Crippen LogP contribution in [0.5, 0.6) is 0 Å². The van der Waals surface area contributed by atoms with Gasteiger partial charge in [-0.1, -0.05) is 0 Å². The minimum Gasteiger partial charge on any atom is -0.381 e. The van der Waals surface area contributed by atoms with Crippen molar-refractivity contribution in [2.24, 2.45) is 0 Å². The highest BCUT2D eigenvalue weighted by molar-refractivity contribution is 5.74. The van der Waals surface area contributed by atoms with E-state index in [9.17, 15) is 4.79 Å². The first-order valence-electron chi connectivity index (χ1n) is 5.96. The number of urea groups is 1. The van der Waals surface area contributed by atoms with Gasteiger partial charge in [-0.15, -0.1) is 0 Å². The summed E-state index contributed by atoms with van der Waals surface area (Å²) in [4.78, 5) is 15.9. The molecule has 0 radical (unpaired) electrons. The zero-order valence-corrected chi connectivity index (χ0v) is 9.85. The summed E-state index contributed by atoms with van der Waals surface area (Å²) < 4.78 is 10.5. The van der Waals surface area contributed by atoms with Crippen LogP contribution < -0.4 is 0 Å². The summed E-state index contributed by atoms with van der Waals surface area (Å²) in [7, 11) is 1.90. The van der Waals surface area contributed by atoms with Crippen molar-refractivity contribution >= 4 is 6.03 Å². The van der Waals surface area contributed by atoms with Gasteiger partial charge in [-0.2, -0.15) is 0 Å². The number of rotatable bonds is 1. The van der Waals surface area contributed by atoms with E-state index in [0.29, 0.717) is 32.3 Å². The molecule has 2 fully saturated rings. The van der Waals surface area contributed by atoms with Crippen LogP contribution >= 0.6 is 0 Å². The molecule has 2 heterocycles. The molecule has 0 aromatic heterocycles. The fraction of sp³-hybridized carbons (Fsp3) is 0.909. The van der Waals surface area contributed by atoms with Gasteiger partial charge >= 0.3 is 6.03 Å². The molecule has 0 N–H and O–H groups in total. The maximum absolute atomic E-state index is 12.2. The number of ether oxygens (including phenoxy) is 2. The van der Waals surface area contributed by atoms with E-state index in [2.05, 4.69) is 0 Å². The van der Waals surface area contributed by atoms with Crippen LogP contribution in [0, 0.1) is 0 Å². The molecule has 0 spiro atoms. The van der Waals surface area contributed by atoms with E-state index in [-0.39, 0.29) is 6.03 Å². The van der Waals surface area contributed by atoms with Gasteiger partial charge in [0.15, 0.2) is 0 Å². The van der Waals surface area contributed by atoms with Gasteiger partial charge < -0.3 is 19.3 Å². The predicted octanol–water partition coefficient (Wildman–Crippen LogP) is 0.549. The second-order valence-electron chi connectivity index (χ2n) is 4.34. The fourth-order valence-electron chi connectivity index (χ4n) is 2.21. The Morgan fingerprint density at radius 1 is 1.12 bits per heavy atom.